The predicted molar refractivity (Wildman–Crippen MR) is 112 cm³/mol. The smallest absolute Gasteiger partial charge is 0.253 e. The predicted octanol–water partition coefficient (Wildman–Crippen LogP) is 4.80. The third kappa shape index (κ3) is 4.78. The van der Waals surface area contributed by atoms with Crippen LogP contribution in [0.3, 0.4) is 0 Å². The van der Waals surface area contributed by atoms with E-state index in [4.69, 9.17) is 4.74 Å². The van der Waals surface area contributed by atoms with E-state index in [1.165, 1.54) is 0 Å². The summed E-state index contributed by atoms with van der Waals surface area (Å²) < 4.78 is 9.38. The van der Waals surface area contributed by atoms with E-state index in [1.807, 2.05) is 55.6 Å². The summed E-state index contributed by atoms with van der Waals surface area (Å²) in [6.45, 7) is 0.914. The lowest BCUT2D eigenvalue weighted by atomic mass is 10.1. The third-order valence-corrected chi connectivity index (χ3v) is 5.49. The highest BCUT2D eigenvalue weighted by molar-refractivity contribution is 9.10. The van der Waals surface area contributed by atoms with Crippen molar-refractivity contribution < 1.29 is 9.53 Å². The van der Waals surface area contributed by atoms with Crippen molar-refractivity contribution in [3.05, 3.63) is 80.5 Å². The summed E-state index contributed by atoms with van der Waals surface area (Å²) in [5.41, 5.74) is 2.59. The van der Waals surface area contributed by atoms with Crippen molar-refractivity contribution >= 4 is 37.8 Å². The first-order valence-electron chi connectivity index (χ1n) is 8.34. The van der Waals surface area contributed by atoms with E-state index in [1.54, 1.807) is 22.8 Å². The maximum atomic E-state index is 12.7. The van der Waals surface area contributed by atoms with Gasteiger partial charge in [0.2, 0.25) is 0 Å². The standard InChI is InChI=1S/C20H19Br2N3O2/c1-24(12-18-17(22)11-23-25(18)2)20(26)15-9-7-14(8-10-15)13-27-19-6-4-3-5-16(19)21/h3-11H,12-13H2,1-2H3. The molecule has 0 saturated carbocycles. The molecule has 0 aliphatic heterocycles. The van der Waals surface area contributed by atoms with Gasteiger partial charge in [-0.3, -0.25) is 9.48 Å². The molecule has 0 fully saturated rings. The van der Waals surface area contributed by atoms with Gasteiger partial charge in [-0.1, -0.05) is 24.3 Å². The first kappa shape index (κ1) is 19.6. The molecule has 0 spiro atoms. The van der Waals surface area contributed by atoms with Crippen LogP contribution in [0.25, 0.3) is 0 Å². The quantitative estimate of drug-likeness (QED) is 0.496. The number of rotatable bonds is 6. The summed E-state index contributed by atoms with van der Waals surface area (Å²) in [7, 11) is 3.64. The van der Waals surface area contributed by atoms with E-state index < -0.39 is 0 Å². The van der Waals surface area contributed by atoms with Crippen LogP contribution in [0.5, 0.6) is 5.75 Å². The van der Waals surface area contributed by atoms with Crippen LogP contribution in [-0.2, 0) is 20.2 Å². The van der Waals surface area contributed by atoms with Crippen LogP contribution in [0.4, 0.5) is 0 Å². The van der Waals surface area contributed by atoms with E-state index in [0.717, 1.165) is 26.0 Å². The Balaban J connectivity index is 1.62. The second-order valence-corrected chi connectivity index (χ2v) is 7.85. The minimum atomic E-state index is -0.0404. The Morgan fingerprint density at radius 2 is 1.81 bits per heavy atom. The normalized spacial score (nSPS) is 10.7. The highest BCUT2D eigenvalue weighted by Gasteiger charge is 2.15. The molecule has 3 aromatic rings. The van der Waals surface area contributed by atoms with Crippen LogP contribution < -0.4 is 4.74 Å². The molecule has 0 bridgehead atoms. The molecule has 0 aliphatic carbocycles. The number of halogens is 2. The number of ether oxygens (including phenoxy) is 1. The van der Waals surface area contributed by atoms with Crippen LogP contribution >= 0.6 is 31.9 Å². The highest BCUT2D eigenvalue weighted by atomic mass is 79.9. The molecule has 0 saturated heterocycles. The fourth-order valence-corrected chi connectivity index (χ4v) is 3.47. The Labute approximate surface area is 175 Å². The van der Waals surface area contributed by atoms with Gasteiger partial charge in [0, 0.05) is 19.7 Å². The topological polar surface area (TPSA) is 47.4 Å². The zero-order valence-corrected chi connectivity index (χ0v) is 18.2. The van der Waals surface area contributed by atoms with E-state index in [0.29, 0.717) is 18.7 Å². The maximum Gasteiger partial charge on any atom is 0.253 e. The molecule has 0 radical (unpaired) electrons. The molecule has 1 aromatic heterocycles. The molecule has 1 heterocycles. The number of carbonyl (C=O) groups is 1. The third-order valence-electron chi connectivity index (χ3n) is 4.18. The number of nitrogens with zero attached hydrogens (tertiary/aromatic N) is 3. The number of para-hydroxylation sites is 1. The van der Waals surface area contributed by atoms with E-state index in [9.17, 15) is 4.79 Å². The van der Waals surface area contributed by atoms with E-state index in [2.05, 4.69) is 37.0 Å². The summed E-state index contributed by atoms with van der Waals surface area (Å²) in [6, 6.07) is 15.2. The number of aryl methyl sites for hydroxylation is 1. The minimum Gasteiger partial charge on any atom is -0.488 e. The lowest BCUT2D eigenvalue weighted by Crippen LogP contribution is -2.27. The summed E-state index contributed by atoms with van der Waals surface area (Å²) >= 11 is 6.93. The van der Waals surface area contributed by atoms with Crippen LogP contribution in [-0.4, -0.2) is 27.6 Å². The molecule has 0 atom stereocenters. The van der Waals surface area contributed by atoms with E-state index >= 15 is 0 Å². The molecular formula is C20H19Br2N3O2. The fraction of sp³-hybridized carbons (Fsp3) is 0.200. The Hall–Kier alpha value is -2.12. The lowest BCUT2D eigenvalue weighted by molar-refractivity contribution is 0.0781. The number of aromatic nitrogens is 2. The zero-order chi connectivity index (χ0) is 19.4. The molecular weight excluding hydrogens is 474 g/mol. The SMILES string of the molecule is CN(Cc1c(Br)cnn1C)C(=O)c1ccc(COc2ccccc2Br)cc1. The van der Waals surface area contributed by atoms with Gasteiger partial charge < -0.3 is 9.64 Å². The molecule has 3 rings (SSSR count). The highest BCUT2D eigenvalue weighted by Crippen LogP contribution is 2.25. The molecule has 5 nitrogen and oxygen atoms in total. The van der Waals surface area contributed by atoms with Gasteiger partial charge in [-0.05, 0) is 61.7 Å². The van der Waals surface area contributed by atoms with Gasteiger partial charge in [-0.2, -0.15) is 5.10 Å². The van der Waals surface area contributed by atoms with Crippen molar-refractivity contribution in [2.75, 3.05) is 7.05 Å². The molecule has 2 aromatic carbocycles. The van der Waals surface area contributed by atoms with Crippen molar-refractivity contribution in [1.29, 1.82) is 0 Å². The second kappa shape index (κ2) is 8.71. The maximum absolute atomic E-state index is 12.7. The summed E-state index contributed by atoms with van der Waals surface area (Å²) in [6.07, 6.45) is 1.73. The summed E-state index contributed by atoms with van der Waals surface area (Å²) in [5, 5.41) is 4.18. The molecule has 140 valence electrons. The Kier molecular flexibility index (Phi) is 6.34. The monoisotopic (exact) mass is 491 g/mol. The van der Waals surface area contributed by atoms with Gasteiger partial charge in [-0.25, -0.2) is 0 Å². The molecule has 0 aliphatic rings. The number of benzene rings is 2. The first-order chi connectivity index (χ1) is 13.0. The van der Waals surface area contributed by atoms with Crippen LogP contribution in [0.1, 0.15) is 21.6 Å². The van der Waals surface area contributed by atoms with Crippen molar-refractivity contribution in [2.24, 2.45) is 7.05 Å². The van der Waals surface area contributed by atoms with Gasteiger partial charge in [0.25, 0.3) is 5.91 Å². The average Bonchev–Trinajstić information content (AvgIpc) is 2.99. The summed E-state index contributed by atoms with van der Waals surface area (Å²) in [5.74, 6) is 0.750. The Bertz CT molecular complexity index is 919. The van der Waals surface area contributed by atoms with Crippen molar-refractivity contribution in [3.8, 4) is 5.75 Å². The Morgan fingerprint density at radius 3 is 2.44 bits per heavy atom. The number of amides is 1. The van der Waals surface area contributed by atoms with E-state index in [-0.39, 0.29) is 5.91 Å². The number of hydrogen-bond acceptors (Lipinski definition) is 3. The minimum absolute atomic E-state index is 0.0404. The van der Waals surface area contributed by atoms with Gasteiger partial charge in [0.05, 0.1) is 27.4 Å². The number of carbonyl (C=O) groups excluding carboxylic acids is 1. The molecule has 0 unspecified atom stereocenters. The molecule has 1 amide bonds. The van der Waals surface area contributed by atoms with Gasteiger partial charge in [-0.15, -0.1) is 0 Å². The van der Waals surface area contributed by atoms with Gasteiger partial charge >= 0.3 is 0 Å². The van der Waals surface area contributed by atoms with Gasteiger partial charge in [0.15, 0.2) is 0 Å². The average molecular weight is 493 g/mol. The fourth-order valence-electron chi connectivity index (χ4n) is 2.60. The van der Waals surface area contributed by atoms with Crippen LogP contribution in [0.2, 0.25) is 0 Å². The van der Waals surface area contributed by atoms with Gasteiger partial charge in [0.1, 0.15) is 12.4 Å². The lowest BCUT2D eigenvalue weighted by Gasteiger charge is -2.18. The van der Waals surface area contributed by atoms with Crippen LogP contribution in [0.15, 0.2) is 63.7 Å². The van der Waals surface area contributed by atoms with Crippen molar-refractivity contribution in [1.82, 2.24) is 14.7 Å². The van der Waals surface area contributed by atoms with Crippen molar-refractivity contribution in [3.63, 3.8) is 0 Å². The Morgan fingerprint density at radius 1 is 1.11 bits per heavy atom. The largest absolute Gasteiger partial charge is 0.488 e. The molecule has 0 N–H and O–H groups in total. The molecule has 7 heteroatoms. The zero-order valence-electron chi connectivity index (χ0n) is 15.0. The first-order valence-corrected chi connectivity index (χ1v) is 9.92. The second-order valence-electron chi connectivity index (χ2n) is 6.14. The molecule has 27 heavy (non-hydrogen) atoms. The number of hydrogen-bond donors (Lipinski definition) is 0. The van der Waals surface area contributed by atoms with Crippen molar-refractivity contribution in [2.45, 2.75) is 13.2 Å². The summed E-state index contributed by atoms with van der Waals surface area (Å²) in [4.78, 5) is 14.3. The van der Waals surface area contributed by atoms with Crippen LogP contribution in [0, 0.1) is 0 Å².